The third-order valence-electron chi connectivity index (χ3n) is 6.18. The van der Waals surface area contributed by atoms with Crippen LogP contribution in [0.2, 0.25) is 0 Å². The lowest BCUT2D eigenvalue weighted by molar-refractivity contribution is 0.0950. The predicted octanol–water partition coefficient (Wildman–Crippen LogP) is 3.81. The second-order valence-corrected chi connectivity index (χ2v) is 8.71. The van der Waals surface area contributed by atoms with Gasteiger partial charge < -0.3 is 19.5 Å². The third-order valence-corrected chi connectivity index (χ3v) is 6.18. The van der Waals surface area contributed by atoms with Gasteiger partial charge in [-0.25, -0.2) is 18.7 Å². The largest absolute Gasteiger partial charge is 0.493 e. The molecular weight excluding hydrogens is 482 g/mol. The molecule has 0 unspecified atom stereocenters. The summed E-state index contributed by atoms with van der Waals surface area (Å²) in [4.78, 5) is 27.2. The second-order valence-electron chi connectivity index (χ2n) is 8.71. The standard InChI is InChI=1S/C26H28F2N6O3/c1-3-9-29-25(35)23-20(27)13-19(14-21(23)28)36-12-5-6-17-7-10-34(11-8-17)26-30-15-18(16-31-26)24-32-22(4-2)37-33-24/h1,13-17H,4-12H2,2H3,(H,29,35). The van der Waals surface area contributed by atoms with E-state index in [4.69, 9.17) is 15.7 Å². The van der Waals surface area contributed by atoms with Gasteiger partial charge in [-0.2, -0.15) is 4.98 Å². The van der Waals surface area contributed by atoms with Crippen molar-refractivity contribution in [1.29, 1.82) is 0 Å². The molecule has 1 amide bonds. The number of rotatable bonds is 10. The Morgan fingerprint density at radius 1 is 1.24 bits per heavy atom. The molecule has 37 heavy (non-hydrogen) atoms. The number of aryl methyl sites for hydroxylation is 1. The molecule has 11 heteroatoms. The smallest absolute Gasteiger partial charge is 0.258 e. The van der Waals surface area contributed by atoms with E-state index in [0.29, 0.717) is 42.2 Å². The van der Waals surface area contributed by atoms with Gasteiger partial charge in [-0.1, -0.05) is 18.0 Å². The van der Waals surface area contributed by atoms with Crippen molar-refractivity contribution in [2.75, 3.05) is 31.1 Å². The van der Waals surface area contributed by atoms with Crippen LogP contribution in [0.15, 0.2) is 29.0 Å². The Kier molecular flexibility index (Phi) is 8.61. The first-order chi connectivity index (χ1) is 18.0. The summed E-state index contributed by atoms with van der Waals surface area (Å²) in [5.41, 5.74) is 0.0390. The molecule has 1 saturated heterocycles. The van der Waals surface area contributed by atoms with Crippen LogP contribution in [-0.4, -0.2) is 52.3 Å². The summed E-state index contributed by atoms with van der Waals surface area (Å²) in [6.45, 7) is 3.83. The summed E-state index contributed by atoms with van der Waals surface area (Å²) in [5.74, 6) is 1.59. The number of carbonyl (C=O) groups is 1. The van der Waals surface area contributed by atoms with E-state index in [-0.39, 0.29) is 12.3 Å². The van der Waals surface area contributed by atoms with E-state index in [1.54, 1.807) is 12.4 Å². The first-order valence-electron chi connectivity index (χ1n) is 12.2. The van der Waals surface area contributed by atoms with Crippen molar-refractivity contribution >= 4 is 11.9 Å². The quantitative estimate of drug-likeness (QED) is 0.324. The van der Waals surface area contributed by atoms with E-state index >= 15 is 0 Å². The topological polar surface area (TPSA) is 106 Å². The maximum Gasteiger partial charge on any atom is 0.258 e. The molecule has 1 aromatic carbocycles. The summed E-state index contributed by atoms with van der Waals surface area (Å²) in [6, 6.07) is 2.03. The van der Waals surface area contributed by atoms with Crippen molar-refractivity contribution in [2.45, 2.75) is 39.0 Å². The number of benzene rings is 1. The van der Waals surface area contributed by atoms with Gasteiger partial charge in [0, 0.05) is 44.0 Å². The first-order valence-corrected chi connectivity index (χ1v) is 12.2. The normalized spacial score (nSPS) is 13.8. The number of terminal acetylenes is 1. The molecule has 2 aromatic heterocycles. The lowest BCUT2D eigenvalue weighted by atomic mass is 9.92. The average Bonchev–Trinajstić information content (AvgIpc) is 3.39. The third kappa shape index (κ3) is 6.58. The van der Waals surface area contributed by atoms with Crippen LogP contribution in [-0.2, 0) is 6.42 Å². The Morgan fingerprint density at radius 3 is 2.57 bits per heavy atom. The van der Waals surface area contributed by atoms with Gasteiger partial charge in [0.15, 0.2) is 0 Å². The molecule has 9 nitrogen and oxygen atoms in total. The van der Waals surface area contributed by atoms with Gasteiger partial charge in [0.1, 0.15) is 22.9 Å². The van der Waals surface area contributed by atoms with Gasteiger partial charge in [0.2, 0.25) is 17.7 Å². The Morgan fingerprint density at radius 2 is 1.95 bits per heavy atom. The Bertz CT molecular complexity index is 1230. The van der Waals surface area contributed by atoms with Crippen LogP contribution in [0, 0.1) is 29.9 Å². The highest BCUT2D eigenvalue weighted by Gasteiger charge is 2.22. The lowest BCUT2D eigenvalue weighted by Crippen LogP contribution is -2.34. The molecule has 1 N–H and O–H groups in total. The summed E-state index contributed by atoms with van der Waals surface area (Å²) in [7, 11) is 0. The van der Waals surface area contributed by atoms with Crippen molar-refractivity contribution < 1.29 is 22.8 Å². The van der Waals surface area contributed by atoms with E-state index in [1.165, 1.54) is 0 Å². The Labute approximate surface area is 213 Å². The van der Waals surface area contributed by atoms with Gasteiger partial charge in [0.25, 0.3) is 5.91 Å². The van der Waals surface area contributed by atoms with Crippen LogP contribution >= 0.6 is 0 Å². The Balaban J connectivity index is 1.20. The van der Waals surface area contributed by atoms with E-state index in [9.17, 15) is 13.6 Å². The molecule has 1 aliphatic rings. The number of hydrogen-bond acceptors (Lipinski definition) is 8. The van der Waals surface area contributed by atoms with Gasteiger partial charge in [-0.3, -0.25) is 4.79 Å². The maximum atomic E-state index is 14.2. The molecule has 0 radical (unpaired) electrons. The monoisotopic (exact) mass is 510 g/mol. The van der Waals surface area contributed by atoms with Crippen molar-refractivity contribution in [3.63, 3.8) is 0 Å². The number of amides is 1. The maximum absolute atomic E-state index is 14.2. The molecule has 0 saturated carbocycles. The SMILES string of the molecule is C#CCNC(=O)c1c(F)cc(OCCCC2CCN(c3ncc(-c4noc(CC)n4)cn3)CC2)cc1F. The summed E-state index contributed by atoms with van der Waals surface area (Å²) < 4.78 is 39.1. The molecule has 0 atom stereocenters. The van der Waals surface area contributed by atoms with Gasteiger partial charge in [-0.05, 0) is 31.6 Å². The van der Waals surface area contributed by atoms with Gasteiger partial charge >= 0.3 is 0 Å². The predicted molar refractivity (Wildman–Crippen MR) is 132 cm³/mol. The zero-order valence-corrected chi connectivity index (χ0v) is 20.5. The lowest BCUT2D eigenvalue weighted by Gasteiger charge is -2.32. The first kappa shape index (κ1) is 26.0. The van der Waals surface area contributed by atoms with Crippen molar-refractivity contribution in [1.82, 2.24) is 25.4 Å². The fourth-order valence-corrected chi connectivity index (χ4v) is 4.17. The van der Waals surface area contributed by atoms with Crippen molar-refractivity contribution in [3.05, 3.63) is 47.6 Å². The molecule has 0 aliphatic carbocycles. The molecule has 1 fully saturated rings. The number of piperidine rings is 1. The average molecular weight is 511 g/mol. The fourth-order valence-electron chi connectivity index (χ4n) is 4.17. The number of nitrogens with zero attached hydrogens (tertiary/aromatic N) is 5. The van der Waals surface area contributed by atoms with Crippen LogP contribution < -0.4 is 15.0 Å². The second kappa shape index (κ2) is 12.3. The van der Waals surface area contributed by atoms with Crippen LogP contribution in [0.1, 0.15) is 48.9 Å². The molecule has 0 spiro atoms. The summed E-state index contributed by atoms with van der Waals surface area (Å²) in [6.07, 6.45) is 12.8. The zero-order chi connectivity index (χ0) is 26.2. The van der Waals surface area contributed by atoms with E-state index in [0.717, 1.165) is 50.9 Å². The minimum absolute atomic E-state index is 0.0469. The highest BCUT2D eigenvalue weighted by molar-refractivity contribution is 5.95. The number of halogens is 2. The molecule has 0 bridgehead atoms. The van der Waals surface area contributed by atoms with Crippen LogP contribution in [0.5, 0.6) is 5.75 Å². The van der Waals surface area contributed by atoms with Crippen LogP contribution in [0.25, 0.3) is 11.4 Å². The van der Waals surface area contributed by atoms with Crippen LogP contribution in [0.3, 0.4) is 0 Å². The molecule has 1 aliphatic heterocycles. The molecule has 194 valence electrons. The van der Waals surface area contributed by atoms with E-state index in [1.807, 2.05) is 6.92 Å². The fraction of sp³-hybridized carbons (Fsp3) is 0.423. The van der Waals surface area contributed by atoms with Crippen molar-refractivity contribution in [3.8, 4) is 29.5 Å². The number of anilines is 1. The number of aromatic nitrogens is 4. The Hall–Kier alpha value is -4.07. The molecule has 3 heterocycles. The number of carbonyl (C=O) groups excluding carboxylic acids is 1. The number of hydrogen-bond donors (Lipinski definition) is 1. The van der Waals surface area contributed by atoms with Gasteiger partial charge in [-0.15, -0.1) is 6.42 Å². The number of nitrogens with one attached hydrogen (secondary N) is 1. The van der Waals surface area contributed by atoms with Crippen molar-refractivity contribution in [2.24, 2.45) is 5.92 Å². The summed E-state index contributed by atoms with van der Waals surface area (Å²) >= 11 is 0. The van der Waals surface area contributed by atoms with Gasteiger partial charge in [0.05, 0.1) is 18.7 Å². The van der Waals surface area contributed by atoms with E-state index in [2.05, 4.69) is 36.2 Å². The highest BCUT2D eigenvalue weighted by atomic mass is 19.1. The number of ether oxygens (including phenoxy) is 1. The molecule has 4 rings (SSSR count). The minimum atomic E-state index is -0.991. The van der Waals surface area contributed by atoms with E-state index < -0.39 is 23.1 Å². The summed E-state index contributed by atoms with van der Waals surface area (Å²) in [5, 5.41) is 6.19. The molecule has 3 aromatic rings. The minimum Gasteiger partial charge on any atom is -0.493 e. The van der Waals surface area contributed by atoms with Crippen LogP contribution in [0.4, 0.5) is 14.7 Å². The highest BCUT2D eigenvalue weighted by Crippen LogP contribution is 2.26. The zero-order valence-electron chi connectivity index (χ0n) is 20.5. The molecular formula is C26H28F2N6O3.